The Bertz CT molecular complexity index is 192. The highest BCUT2D eigenvalue weighted by Crippen LogP contribution is 1.99. The molecule has 0 aliphatic rings. The van der Waals surface area contributed by atoms with E-state index in [1.165, 1.54) is 0 Å². The van der Waals surface area contributed by atoms with Gasteiger partial charge in [0, 0.05) is 12.8 Å². The van der Waals surface area contributed by atoms with E-state index in [2.05, 4.69) is 12.2 Å². The molecule has 0 rings (SSSR count). The molecule has 0 aromatic carbocycles. The van der Waals surface area contributed by atoms with Gasteiger partial charge in [-0.2, -0.15) is 0 Å². The summed E-state index contributed by atoms with van der Waals surface area (Å²) < 4.78 is 0. The fourth-order valence-electron chi connectivity index (χ4n) is 1.07. The van der Waals surface area contributed by atoms with Crippen LogP contribution in [0.4, 0.5) is 0 Å². The van der Waals surface area contributed by atoms with E-state index in [0.717, 1.165) is 19.3 Å². The van der Waals surface area contributed by atoms with Crippen molar-refractivity contribution in [2.75, 3.05) is 0 Å². The number of aldehydes is 2. The standard InChI is InChI=1S/C10H17NO3/c1-2-3-4-5-10(14)11-9(8-13)6-7-12/h7-9H,2-6H2,1H3,(H,11,14)/t9-/m1/s1. The normalized spacial score (nSPS) is 11.8. The molecule has 1 N–H and O–H groups in total. The largest absolute Gasteiger partial charge is 0.346 e. The molecule has 0 saturated heterocycles. The van der Waals surface area contributed by atoms with E-state index < -0.39 is 6.04 Å². The van der Waals surface area contributed by atoms with Crippen LogP contribution < -0.4 is 5.32 Å². The lowest BCUT2D eigenvalue weighted by atomic mass is 10.2. The second kappa shape index (κ2) is 8.41. The number of nitrogens with one attached hydrogen (secondary N) is 1. The number of unbranched alkanes of at least 4 members (excludes halogenated alkanes) is 2. The molecule has 4 heteroatoms. The van der Waals surface area contributed by atoms with Crippen LogP contribution in [0.15, 0.2) is 0 Å². The molecule has 0 radical (unpaired) electrons. The molecular weight excluding hydrogens is 182 g/mol. The van der Waals surface area contributed by atoms with Crippen molar-refractivity contribution < 1.29 is 14.4 Å². The molecule has 0 saturated carbocycles. The second-order valence-corrected chi connectivity index (χ2v) is 3.17. The molecule has 80 valence electrons. The Balaban J connectivity index is 3.67. The summed E-state index contributed by atoms with van der Waals surface area (Å²) >= 11 is 0. The van der Waals surface area contributed by atoms with Crippen LogP contribution in [0.2, 0.25) is 0 Å². The van der Waals surface area contributed by atoms with E-state index in [0.29, 0.717) is 19.0 Å². The maximum atomic E-state index is 11.2. The van der Waals surface area contributed by atoms with Crippen molar-refractivity contribution in [1.29, 1.82) is 0 Å². The van der Waals surface area contributed by atoms with Crippen molar-refractivity contribution >= 4 is 18.5 Å². The Kier molecular flexibility index (Phi) is 7.70. The monoisotopic (exact) mass is 199 g/mol. The highest BCUT2D eigenvalue weighted by Gasteiger charge is 2.09. The summed E-state index contributed by atoms with van der Waals surface area (Å²) in [7, 11) is 0. The van der Waals surface area contributed by atoms with Gasteiger partial charge in [0.2, 0.25) is 5.91 Å². The van der Waals surface area contributed by atoms with Crippen LogP contribution in [0.5, 0.6) is 0 Å². The van der Waals surface area contributed by atoms with E-state index >= 15 is 0 Å². The number of carbonyl (C=O) groups is 3. The lowest BCUT2D eigenvalue weighted by Crippen LogP contribution is -2.36. The first-order valence-corrected chi connectivity index (χ1v) is 4.92. The van der Waals surface area contributed by atoms with Crippen LogP contribution in [-0.2, 0) is 14.4 Å². The number of rotatable bonds is 8. The minimum Gasteiger partial charge on any atom is -0.346 e. The topological polar surface area (TPSA) is 63.2 Å². The van der Waals surface area contributed by atoms with Crippen molar-refractivity contribution in [3.8, 4) is 0 Å². The molecule has 1 atom stereocenters. The lowest BCUT2D eigenvalue weighted by Gasteiger charge is -2.08. The average Bonchev–Trinajstić information content (AvgIpc) is 2.17. The highest BCUT2D eigenvalue weighted by molar-refractivity contribution is 5.80. The first-order chi connectivity index (χ1) is 6.74. The molecule has 1 amide bonds. The van der Waals surface area contributed by atoms with Crippen LogP contribution in [0.25, 0.3) is 0 Å². The van der Waals surface area contributed by atoms with Crippen molar-refractivity contribution in [3.63, 3.8) is 0 Å². The average molecular weight is 199 g/mol. The first-order valence-electron chi connectivity index (χ1n) is 4.92. The minimum atomic E-state index is -0.651. The number of hydrogen-bond acceptors (Lipinski definition) is 3. The molecule has 0 aliphatic heterocycles. The smallest absolute Gasteiger partial charge is 0.220 e. The molecular formula is C10H17NO3. The van der Waals surface area contributed by atoms with Gasteiger partial charge in [-0.3, -0.25) is 4.79 Å². The second-order valence-electron chi connectivity index (χ2n) is 3.17. The van der Waals surface area contributed by atoms with Gasteiger partial charge in [0.1, 0.15) is 12.6 Å². The van der Waals surface area contributed by atoms with Gasteiger partial charge < -0.3 is 14.9 Å². The van der Waals surface area contributed by atoms with Crippen LogP contribution in [0.3, 0.4) is 0 Å². The summed E-state index contributed by atoms with van der Waals surface area (Å²) in [5.74, 6) is -0.155. The van der Waals surface area contributed by atoms with Crippen LogP contribution in [0, 0.1) is 0 Å². The summed E-state index contributed by atoms with van der Waals surface area (Å²) in [5, 5.41) is 2.49. The zero-order valence-corrected chi connectivity index (χ0v) is 8.49. The molecule has 0 unspecified atom stereocenters. The zero-order valence-electron chi connectivity index (χ0n) is 8.49. The number of carbonyl (C=O) groups excluding carboxylic acids is 3. The third-order valence-corrected chi connectivity index (χ3v) is 1.87. The molecule has 0 spiro atoms. The quantitative estimate of drug-likeness (QED) is 0.465. The van der Waals surface area contributed by atoms with Gasteiger partial charge in [0.15, 0.2) is 0 Å². The highest BCUT2D eigenvalue weighted by atomic mass is 16.2. The van der Waals surface area contributed by atoms with Gasteiger partial charge >= 0.3 is 0 Å². The lowest BCUT2D eigenvalue weighted by molar-refractivity contribution is -0.124. The van der Waals surface area contributed by atoms with E-state index in [9.17, 15) is 14.4 Å². The maximum absolute atomic E-state index is 11.2. The predicted octanol–water partition coefficient (Wildman–Crippen LogP) is 0.839. The van der Waals surface area contributed by atoms with Crippen LogP contribution in [-0.4, -0.2) is 24.5 Å². The Morgan fingerprint density at radius 1 is 1.36 bits per heavy atom. The fourth-order valence-corrected chi connectivity index (χ4v) is 1.07. The van der Waals surface area contributed by atoms with Crippen molar-refractivity contribution in [2.24, 2.45) is 0 Å². The number of amides is 1. The zero-order chi connectivity index (χ0) is 10.8. The fraction of sp³-hybridized carbons (Fsp3) is 0.700. The molecule has 14 heavy (non-hydrogen) atoms. The molecule has 0 heterocycles. The third kappa shape index (κ3) is 6.34. The van der Waals surface area contributed by atoms with Gasteiger partial charge in [0.25, 0.3) is 0 Å². The summed E-state index contributed by atoms with van der Waals surface area (Å²) in [5.41, 5.74) is 0. The number of hydrogen-bond donors (Lipinski definition) is 1. The van der Waals surface area contributed by atoms with E-state index in [-0.39, 0.29) is 12.3 Å². The third-order valence-electron chi connectivity index (χ3n) is 1.87. The Hall–Kier alpha value is -1.19. The maximum Gasteiger partial charge on any atom is 0.220 e. The van der Waals surface area contributed by atoms with Gasteiger partial charge in [-0.05, 0) is 6.42 Å². The Morgan fingerprint density at radius 3 is 2.57 bits per heavy atom. The van der Waals surface area contributed by atoms with Crippen molar-refractivity contribution in [2.45, 2.75) is 45.1 Å². The summed E-state index contributed by atoms with van der Waals surface area (Å²) in [6.07, 6.45) is 4.60. The molecule has 0 bridgehead atoms. The minimum absolute atomic E-state index is 0.0585. The van der Waals surface area contributed by atoms with Crippen LogP contribution in [0.1, 0.15) is 39.0 Å². The van der Waals surface area contributed by atoms with Crippen molar-refractivity contribution in [1.82, 2.24) is 5.32 Å². The first kappa shape index (κ1) is 12.8. The molecule has 0 fully saturated rings. The van der Waals surface area contributed by atoms with Crippen molar-refractivity contribution in [3.05, 3.63) is 0 Å². The van der Waals surface area contributed by atoms with E-state index in [1.54, 1.807) is 0 Å². The van der Waals surface area contributed by atoms with E-state index in [1.807, 2.05) is 0 Å². The van der Waals surface area contributed by atoms with Gasteiger partial charge in [-0.1, -0.05) is 19.8 Å². The van der Waals surface area contributed by atoms with Crippen LogP contribution >= 0.6 is 0 Å². The van der Waals surface area contributed by atoms with Gasteiger partial charge in [0.05, 0.1) is 6.04 Å². The summed E-state index contributed by atoms with van der Waals surface area (Å²) in [4.78, 5) is 31.7. The Labute approximate surface area is 84.1 Å². The Morgan fingerprint density at radius 2 is 2.07 bits per heavy atom. The summed E-state index contributed by atoms with van der Waals surface area (Å²) in [6.45, 7) is 2.05. The van der Waals surface area contributed by atoms with Gasteiger partial charge in [-0.15, -0.1) is 0 Å². The SMILES string of the molecule is CCCCCC(=O)N[C@@H](C=O)CC=O. The molecule has 4 nitrogen and oxygen atoms in total. The van der Waals surface area contributed by atoms with Gasteiger partial charge in [-0.25, -0.2) is 0 Å². The molecule has 0 aromatic rings. The summed E-state index contributed by atoms with van der Waals surface area (Å²) in [6, 6.07) is -0.651. The van der Waals surface area contributed by atoms with E-state index in [4.69, 9.17) is 0 Å². The molecule has 0 aliphatic carbocycles. The molecule has 0 aromatic heterocycles. The predicted molar refractivity (Wildman–Crippen MR) is 52.8 cm³/mol.